The van der Waals surface area contributed by atoms with Crippen molar-refractivity contribution in [2.75, 3.05) is 21.3 Å². The van der Waals surface area contributed by atoms with Crippen LogP contribution >= 0.6 is 0 Å². The first-order chi connectivity index (χ1) is 10.6. The van der Waals surface area contributed by atoms with E-state index in [2.05, 4.69) is 0 Å². The highest BCUT2D eigenvalue weighted by atomic mass is 16.6. The maximum atomic E-state index is 11.2. The number of nitrogens with zero attached hydrogens (tertiary/aromatic N) is 1. The Labute approximate surface area is 127 Å². The highest BCUT2D eigenvalue weighted by molar-refractivity contribution is 5.57. The molecule has 0 unspecified atom stereocenters. The summed E-state index contributed by atoms with van der Waals surface area (Å²) < 4.78 is 21.0. The van der Waals surface area contributed by atoms with Crippen LogP contribution in [-0.4, -0.2) is 26.3 Å². The highest BCUT2D eigenvalue weighted by Crippen LogP contribution is 2.42. The van der Waals surface area contributed by atoms with Gasteiger partial charge in [-0.15, -0.1) is 0 Å². The molecule has 0 spiro atoms. The van der Waals surface area contributed by atoms with E-state index in [1.54, 1.807) is 24.3 Å². The van der Waals surface area contributed by atoms with Gasteiger partial charge in [0.15, 0.2) is 11.5 Å². The van der Waals surface area contributed by atoms with E-state index in [-0.39, 0.29) is 11.4 Å². The molecule has 0 aliphatic rings. The third-order valence-corrected chi connectivity index (χ3v) is 2.95. The summed E-state index contributed by atoms with van der Waals surface area (Å²) >= 11 is 0. The largest absolute Gasteiger partial charge is 0.496 e. The van der Waals surface area contributed by atoms with Gasteiger partial charge in [-0.1, -0.05) is 6.07 Å². The minimum atomic E-state index is -0.537. The fraction of sp³-hybridized carbons (Fsp3) is 0.200. The number of para-hydroxylation sites is 1. The van der Waals surface area contributed by atoms with E-state index in [9.17, 15) is 10.1 Å². The molecule has 0 heterocycles. The quantitative estimate of drug-likeness (QED) is 0.601. The second-order valence-electron chi connectivity index (χ2n) is 4.18. The van der Waals surface area contributed by atoms with Crippen molar-refractivity contribution >= 4 is 5.69 Å². The summed E-state index contributed by atoms with van der Waals surface area (Å²) in [6.45, 7) is 0. The van der Waals surface area contributed by atoms with Gasteiger partial charge in [-0.05, 0) is 24.3 Å². The Morgan fingerprint density at radius 2 is 1.64 bits per heavy atom. The lowest BCUT2D eigenvalue weighted by atomic mass is 10.2. The van der Waals surface area contributed by atoms with E-state index < -0.39 is 4.92 Å². The maximum Gasteiger partial charge on any atom is 0.315 e. The minimum absolute atomic E-state index is 0.0809. The topological polar surface area (TPSA) is 80.1 Å². The number of benzene rings is 2. The van der Waals surface area contributed by atoms with Crippen LogP contribution in [0.5, 0.6) is 28.7 Å². The molecule has 2 rings (SSSR count). The minimum Gasteiger partial charge on any atom is -0.496 e. The van der Waals surface area contributed by atoms with Gasteiger partial charge in [0.25, 0.3) is 0 Å². The Hall–Kier alpha value is -2.96. The van der Waals surface area contributed by atoms with Crippen LogP contribution < -0.4 is 18.9 Å². The molecule has 2 aromatic rings. The lowest BCUT2D eigenvalue weighted by Gasteiger charge is -2.13. The van der Waals surface area contributed by atoms with Crippen LogP contribution in [0.25, 0.3) is 0 Å². The molecule has 7 nitrogen and oxygen atoms in total. The molecular weight excluding hydrogens is 290 g/mol. The third-order valence-electron chi connectivity index (χ3n) is 2.95. The third kappa shape index (κ3) is 3.03. The number of hydrogen-bond acceptors (Lipinski definition) is 6. The lowest BCUT2D eigenvalue weighted by molar-refractivity contribution is -0.385. The van der Waals surface area contributed by atoms with Crippen LogP contribution in [0, 0.1) is 10.1 Å². The summed E-state index contributed by atoms with van der Waals surface area (Å²) in [5.41, 5.74) is -0.204. The number of rotatable bonds is 6. The van der Waals surface area contributed by atoms with Crippen LogP contribution in [-0.2, 0) is 0 Å². The number of methoxy groups -OCH3 is 3. The summed E-state index contributed by atoms with van der Waals surface area (Å²) in [5.74, 6) is 1.59. The molecule has 0 amide bonds. The van der Waals surface area contributed by atoms with E-state index in [1.165, 1.54) is 33.5 Å². The standard InChI is InChI=1S/C15H15NO6/c1-19-10-7-8-12(11(9-10)16(17)18)22-14-6-4-5-13(20-2)15(14)21-3/h4-9H,1-3H3. The molecule has 0 aliphatic carbocycles. The van der Waals surface area contributed by atoms with Gasteiger partial charge in [-0.3, -0.25) is 10.1 Å². The van der Waals surface area contributed by atoms with Gasteiger partial charge < -0.3 is 18.9 Å². The van der Waals surface area contributed by atoms with Gasteiger partial charge >= 0.3 is 5.69 Å². The van der Waals surface area contributed by atoms with Gasteiger partial charge in [-0.25, -0.2) is 0 Å². The van der Waals surface area contributed by atoms with Crippen molar-refractivity contribution in [3.05, 3.63) is 46.5 Å². The van der Waals surface area contributed by atoms with E-state index in [0.717, 1.165) is 0 Å². The molecule has 0 bridgehead atoms. The van der Waals surface area contributed by atoms with Crippen molar-refractivity contribution in [1.82, 2.24) is 0 Å². The average Bonchev–Trinajstić information content (AvgIpc) is 2.54. The van der Waals surface area contributed by atoms with Crippen LogP contribution in [0.2, 0.25) is 0 Å². The van der Waals surface area contributed by atoms with Gasteiger partial charge in [-0.2, -0.15) is 0 Å². The molecular formula is C15H15NO6. The zero-order valence-electron chi connectivity index (χ0n) is 12.4. The van der Waals surface area contributed by atoms with Crippen molar-refractivity contribution < 1.29 is 23.9 Å². The van der Waals surface area contributed by atoms with Crippen LogP contribution in [0.15, 0.2) is 36.4 Å². The predicted molar refractivity (Wildman–Crippen MR) is 79.3 cm³/mol. The highest BCUT2D eigenvalue weighted by Gasteiger charge is 2.20. The summed E-state index contributed by atoms with van der Waals surface area (Å²) in [4.78, 5) is 10.6. The lowest BCUT2D eigenvalue weighted by Crippen LogP contribution is -1.97. The molecule has 0 saturated heterocycles. The van der Waals surface area contributed by atoms with Crippen molar-refractivity contribution in [2.24, 2.45) is 0 Å². The Bertz CT molecular complexity index is 686. The summed E-state index contributed by atoms with van der Waals surface area (Å²) in [5, 5.41) is 11.2. The van der Waals surface area contributed by atoms with Crippen molar-refractivity contribution in [3.63, 3.8) is 0 Å². The first-order valence-corrected chi connectivity index (χ1v) is 6.32. The normalized spacial score (nSPS) is 9.95. The monoisotopic (exact) mass is 305 g/mol. The number of ether oxygens (including phenoxy) is 4. The SMILES string of the molecule is COc1ccc(Oc2cccc(OC)c2OC)c([N+](=O)[O-])c1. The van der Waals surface area contributed by atoms with Gasteiger partial charge in [0.2, 0.25) is 11.5 Å². The second-order valence-corrected chi connectivity index (χ2v) is 4.18. The fourth-order valence-corrected chi connectivity index (χ4v) is 1.91. The summed E-state index contributed by atoms with van der Waals surface area (Å²) in [6, 6.07) is 9.38. The van der Waals surface area contributed by atoms with Crippen molar-refractivity contribution in [1.29, 1.82) is 0 Å². The number of hydrogen-bond donors (Lipinski definition) is 0. The van der Waals surface area contributed by atoms with Crippen molar-refractivity contribution in [2.45, 2.75) is 0 Å². The van der Waals surface area contributed by atoms with E-state index >= 15 is 0 Å². The summed E-state index contributed by atoms with van der Waals surface area (Å²) in [6.07, 6.45) is 0. The molecule has 0 atom stereocenters. The molecule has 0 aliphatic heterocycles. The number of nitro benzene ring substituents is 1. The zero-order valence-corrected chi connectivity index (χ0v) is 12.4. The van der Waals surface area contributed by atoms with Crippen LogP contribution in [0.1, 0.15) is 0 Å². The van der Waals surface area contributed by atoms with E-state index in [1.807, 2.05) is 0 Å². The van der Waals surface area contributed by atoms with Gasteiger partial charge in [0, 0.05) is 0 Å². The van der Waals surface area contributed by atoms with E-state index in [4.69, 9.17) is 18.9 Å². The molecule has 0 fully saturated rings. The van der Waals surface area contributed by atoms with E-state index in [0.29, 0.717) is 23.0 Å². The molecule has 0 N–H and O–H groups in total. The van der Waals surface area contributed by atoms with Gasteiger partial charge in [0.1, 0.15) is 5.75 Å². The Morgan fingerprint density at radius 3 is 2.23 bits per heavy atom. The maximum absolute atomic E-state index is 11.2. The Balaban J connectivity index is 2.45. The molecule has 0 aromatic heterocycles. The Kier molecular flexibility index (Phi) is 4.67. The van der Waals surface area contributed by atoms with Gasteiger partial charge in [0.05, 0.1) is 32.3 Å². The smallest absolute Gasteiger partial charge is 0.315 e. The molecule has 0 radical (unpaired) electrons. The molecule has 22 heavy (non-hydrogen) atoms. The second kappa shape index (κ2) is 6.66. The Morgan fingerprint density at radius 1 is 0.909 bits per heavy atom. The van der Waals surface area contributed by atoms with Crippen LogP contribution in [0.4, 0.5) is 5.69 Å². The molecule has 0 saturated carbocycles. The molecule has 2 aromatic carbocycles. The van der Waals surface area contributed by atoms with Crippen molar-refractivity contribution in [3.8, 4) is 28.7 Å². The first kappa shape index (κ1) is 15.4. The molecule has 7 heteroatoms. The average molecular weight is 305 g/mol. The zero-order chi connectivity index (χ0) is 16.1. The van der Waals surface area contributed by atoms with Crippen LogP contribution in [0.3, 0.4) is 0 Å². The first-order valence-electron chi connectivity index (χ1n) is 6.32. The number of nitro groups is 1. The fourth-order valence-electron chi connectivity index (χ4n) is 1.91. The predicted octanol–water partition coefficient (Wildman–Crippen LogP) is 3.41. The summed E-state index contributed by atoms with van der Waals surface area (Å²) in [7, 11) is 4.40. The molecule has 116 valence electrons.